The Morgan fingerprint density at radius 2 is 2.14 bits per heavy atom. The van der Waals surface area contributed by atoms with Gasteiger partial charge in [-0.25, -0.2) is 0 Å². The molecule has 0 spiro atoms. The number of nitrogens with one attached hydrogen (secondary N) is 1. The van der Waals surface area contributed by atoms with Gasteiger partial charge in [0.15, 0.2) is 23.3 Å². The Bertz CT molecular complexity index is 1000. The summed E-state index contributed by atoms with van der Waals surface area (Å²) in [4.78, 5) is 40.1. The number of primary amides is 1. The molecule has 2 heterocycles. The molecule has 0 saturated heterocycles. The third-order valence-electron chi connectivity index (χ3n) is 4.44. The minimum absolute atomic E-state index is 0.104. The summed E-state index contributed by atoms with van der Waals surface area (Å²) in [6.07, 6.45) is 1.92. The van der Waals surface area contributed by atoms with Gasteiger partial charge in [0.25, 0.3) is 11.5 Å². The van der Waals surface area contributed by atoms with Crippen LogP contribution in [0, 0.1) is 0 Å². The van der Waals surface area contributed by atoms with Gasteiger partial charge < -0.3 is 25.1 Å². The average molecular weight is 404 g/mol. The summed E-state index contributed by atoms with van der Waals surface area (Å²) in [7, 11) is 3.21. The van der Waals surface area contributed by atoms with Crippen molar-refractivity contribution in [3.05, 3.63) is 39.7 Å². The third-order valence-corrected chi connectivity index (χ3v) is 5.17. The standard InChI is InChI=1S/C18H20N4O5S/c1-22-16-15(17(25)21-18(22)28-3)10(7-14(24)20-16)9-4-5-11(12(6-9)26-2)27-8-13(19)23/h4-6,10H,7-8H2,1-3H3,(H2,19,23)(H,20,24)/t10-/m0/s1. The first-order valence-corrected chi connectivity index (χ1v) is 9.62. The minimum atomic E-state index is -0.608. The van der Waals surface area contributed by atoms with Crippen LogP contribution in [-0.2, 0) is 16.6 Å². The van der Waals surface area contributed by atoms with Gasteiger partial charge in [-0.05, 0) is 24.0 Å². The lowest BCUT2D eigenvalue weighted by Crippen LogP contribution is -2.33. The van der Waals surface area contributed by atoms with E-state index >= 15 is 0 Å². The van der Waals surface area contributed by atoms with Crippen molar-refractivity contribution in [1.29, 1.82) is 0 Å². The predicted molar refractivity (Wildman–Crippen MR) is 104 cm³/mol. The average Bonchev–Trinajstić information content (AvgIpc) is 2.68. The van der Waals surface area contributed by atoms with Crippen LogP contribution < -0.4 is 26.1 Å². The number of methoxy groups -OCH3 is 1. The highest BCUT2D eigenvalue weighted by atomic mass is 32.2. The predicted octanol–water partition coefficient (Wildman–Crippen LogP) is 0.849. The number of nitrogens with zero attached hydrogens (tertiary/aromatic N) is 2. The SMILES string of the molecule is COc1cc([C@@H]2CC(=O)Nc3c2c(=O)nc(SC)n3C)ccc1OCC(N)=O. The first-order valence-electron chi connectivity index (χ1n) is 8.39. The Hall–Kier alpha value is -3.01. The number of anilines is 1. The number of benzene rings is 1. The van der Waals surface area contributed by atoms with Gasteiger partial charge in [-0.1, -0.05) is 17.8 Å². The first-order chi connectivity index (χ1) is 13.3. The number of ether oxygens (including phenoxy) is 2. The van der Waals surface area contributed by atoms with Gasteiger partial charge >= 0.3 is 0 Å². The maximum absolute atomic E-state index is 12.7. The molecular weight excluding hydrogens is 384 g/mol. The summed E-state index contributed by atoms with van der Waals surface area (Å²) >= 11 is 1.32. The van der Waals surface area contributed by atoms with Gasteiger partial charge in [0, 0.05) is 19.4 Å². The molecule has 2 aromatic rings. The van der Waals surface area contributed by atoms with Crippen molar-refractivity contribution in [2.24, 2.45) is 12.8 Å². The highest BCUT2D eigenvalue weighted by Crippen LogP contribution is 2.39. The Morgan fingerprint density at radius 3 is 2.79 bits per heavy atom. The largest absolute Gasteiger partial charge is 0.493 e. The van der Waals surface area contributed by atoms with Gasteiger partial charge in [0.2, 0.25) is 5.91 Å². The fourth-order valence-electron chi connectivity index (χ4n) is 3.17. The zero-order valence-electron chi connectivity index (χ0n) is 15.6. The normalized spacial score (nSPS) is 15.5. The molecule has 148 valence electrons. The molecule has 0 fully saturated rings. The van der Waals surface area contributed by atoms with E-state index in [1.54, 1.807) is 29.8 Å². The number of amides is 2. The summed E-state index contributed by atoms with van der Waals surface area (Å²) in [5, 5.41) is 3.29. The number of hydrogen-bond donors (Lipinski definition) is 2. The van der Waals surface area contributed by atoms with Crippen LogP contribution in [0.4, 0.5) is 5.82 Å². The Kier molecular flexibility index (Phi) is 5.59. The van der Waals surface area contributed by atoms with E-state index in [1.807, 2.05) is 6.26 Å². The number of hydrogen-bond acceptors (Lipinski definition) is 7. The van der Waals surface area contributed by atoms with Crippen LogP contribution in [0.5, 0.6) is 11.5 Å². The molecule has 1 aliphatic rings. The fourth-order valence-corrected chi connectivity index (χ4v) is 3.71. The molecule has 1 aromatic heterocycles. The van der Waals surface area contributed by atoms with Crippen LogP contribution in [0.25, 0.3) is 0 Å². The van der Waals surface area contributed by atoms with Crippen LogP contribution in [-0.4, -0.2) is 41.3 Å². The van der Waals surface area contributed by atoms with Crippen molar-refractivity contribution in [1.82, 2.24) is 9.55 Å². The quantitative estimate of drug-likeness (QED) is 0.540. The molecule has 3 rings (SSSR count). The van der Waals surface area contributed by atoms with Gasteiger partial charge in [0.05, 0.1) is 12.7 Å². The molecule has 1 atom stereocenters. The van der Waals surface area contributed by atoms with Gasteiger partial charge in [-0.15, -0.1) is 0 Å². The fraction of sp³-hybridized carbons (Fsp3) is 0.333. The Balaban J connectivity index is 2.08. The molecule has 2 amide bonds. The number of nitrogens with two attached hydrogens (primary N) is 1. The number of thioether (sulfide) groups is 1. The number of carbonyl (C=O) groups is 2. The third kappa shape index (κ3) is 3.68. The monoisotopic (exact) mass is 404 g/mol. The number of aromatic nitrogens is 2. The molecule has 1 aromatic carbocycles. The maximum Gasteiger partial charge on any atom is 0.279 e. The molecule has 0 bridgehead atoms. The van der Waals surface area contributed by atoms with E-state index < -0.39 is 11.8 Å². The number of rotatable bonds is 6. The van der Waals surface area contributed by atoms with Gasteiger partial charge in [-0.2, -0.15) is 4.98 Å². The molecule has 10 heteroatoms. The number of carbonyl (C=O) groups excluding carboxylic acids is 2. The highest BCUT2D eigenvalue weighted by molar-refractivity contribution is 7.98. The molecule has 3 N–H and O–H groups in total. The molecule has 0 aliphatic carbocycles. The molecule has 28 heavy (non-hydrogen) atoms. The molecule has 1 aliphatic heterocycles. The van der Waals surface area contributed by atoms with Crippen molar-refractivity contribution in [2.75, 3.05) is 25.3 Å². The zero-order valence-corrected chi connectivity index (χ0v) is 16.5. The van der Waals surface area contributed by atoms with Crippen LogP contribution in [0.15, 0.2) is 28.2 Å². The van der Waals surface area contributed by atoms with E-state index in [-0.39, 0.29) is 24.5 Å². The molecule has 0 radical (unpaired) electrons. The second kappa shape index (κ2) is 7.93. The van der Waals surface area contributed by atoms with Crippen LogP contribution >= 0.6 is 11.8 Å². The van der Waals surface area contributed by atoms with Crippen molar-refractivity contribution >= 4 is 29.4 Å². The van der Waals surface area contributed by atoms with Crippen molar-refractivity contribution in [2.45, 2.75) is 17.5 Å². The second-order valence-corrected chi connectivity index (χ2v) is 6.97. The van der Waals surface area contributed by atoms with Crippen LogP contribution in [0.1, 0.15) is 23.5 Å². The molecular formula is C18H20N4O5S. The minimum Gasteiger partial charge on any atom is -0.493 e. The Morgan fingerprint density at radius 1 is 1.39 bits per heavy atom. The van der Waals surface area contributed by atoms with E-state index in [0.29, 0.717) is 33.6 Å². The van der Waals surface area contributed by atoms with E-state index in [1.165, 1.54) is 18.9 Å². The topological polar surface area (TPSA) is 126 Å². The lowest BCUT2D eigenvalue weighted by atomic mass is 9.86. The maximum atomic E-state index is 12.7. The van der Waals surface area contributed by atoms with Crippen molar-refractivity contribution in [3.8, 4) is 11.5 Å². The second-order valence-electron chi connectivity index (χ2n) is 6.20. The van der Waals surface area contributed by atoms with Crippen molar-refractivity contribution < 1.29 is 19.1 Å². The summed E-state index contributed by atoms with van der Waals surface area (Å²) in [6, 6.07) is 5.04. The molecule has 0 saturated carbocycles. The van der Waals surface area contributed by atoms with E-state index in [9.17, 15) is 14.4 Å². The highest BCUT2D eigenvalue weighted by Gasteiger charge is 2.32. The van der Waals surface area contributed by atoms with E-state index in [0.717, 1.165) is 0 Å². The van der Waals surface area contributed by atoms with Crippen molar-refractivity contribution in [3.63, 3.8) is 0 Å². The number of fused-ring (bicyclic) bond motifs is 1. The Labute approximate surface area is 165 Å². The summed E-state index contributed by atoms with van der Waals surface area (Å²) < 4.78 is 12.4. The lowest BCUT2D eigenvalue weighted by molar-refractivity contribution is -0.120. The summed E-state index contributed by atoms with van der Waals surface area (Å²) in [6.45, 7) is -0.285. The van der Waals surface area contributed by atoms with Crippen LogP contribution in [0.2, 0.25) is 0 Å². The van der Waals surface area contributed by atoms with E-state index in [4.69, 9.17) is 15.2 Å². The first kappa shape index (κ1) is 19.7. The smallest absolute Gasteiger partial charge is 0.279 e. The molecule has 0 unspecified atom stereocenters. The van der Waals surface area contributed by atoms with Gasteiger partial charge in [0.1, 0.15) is 5.82 Å². The summed E-state index contributed by atoms with van der Waals surface area (Å²) in [5.74, 6) is -0.128. The lowest BCUT2D eigenvalue weighted by Gasteiger charge is -2.27. The van der Waals surface area contributed by atoms with Gasteiger partial charge in [-0.3, -0.25) is 14.4 Å². The summed E-state index contributed by atoms with van der Waals surface area (Å²) in [5.41, 5.74) is 5.86. The zero-order chi connectivity index (χ0) is 20.4. The molecule has 9 nitrogen and oxygen atoms in total. The van der Waals surface area contributed by atoms with E-state index in [2.05, 4.69) is 10.3 Å². The van der Waals surface area contributed by atoms with Crippen LogP contribution in [0.3, 0.4) is 0 Å².